The molecule has 0 atom stereocenters. The molecule has 0 saturated heterocycles. The van der Waals surface area contributed by atoms with E-state index >= 15 is 0 Å². The lowest BCUT2D eigenvalue weighted by Gasteiger charge is -2.10. The maximum Gasteiger partial charge on any atom is 0.0724 e. The molecule has 0 unspecified atom stereocenters. The predicted molar refractivity (Wildman–Crippen MR) is 559 cm³/mol. The Morgan fingerprint density at radius 3 is 0.682 bits per heavy atom. The molecule has 132 heavy (non-hydrogen) atoms. The summed E-state index contributed by atoms with van der Waals surface area (Å²) in [7, 11) is 0. The zero-order chi connectivity index (χ0) is 87.1. The van der Waals surface area contributed by atoms with Gasteiger partial charge in [0.15, 0.2) is 0 Å². The van der Waals surface area contributed by atoms with Crippen LogP contribution in [0.25, 0.3) is 239 Å². The molecule has 9 heteroatoms. The number of benzene rings is 18. The van der Waals surface area contributed by atoms with Gasteiger partial charge in [0.25, 0.3) is 0 Å². The van der Waals surface area contributed by atoms with Crippen LogP contribution in [0.4, 0.5) is 0 Å². The molecule has 0 aliphatic rings. The van der Waals surface area contributed by atoms with Crippen LogP contribution in [0, 0.1) is 0 Å². The van der Waals surface area contributed by atoms with Crippen molar-refractivity contribution in [3.63, 3.8) is 0 Å². The van der Waals surface area contributed by atoms with E-state index in [1.165, 1.54) is 206 Å². The highest BCUT2D eigenvalue weighted by molar-refractivity contribution is 7.26. The molecule has 0 spiro atoms. The van der Waals surface area contributed by atoms with E-state index in [1.54, 1.807) is 0 Å². The minimum Gasteiger partial charge on any atom is -0.309 e. The lowest BCUT2D eigenvalue weighted by molar-refractivity contribution is 1.17. The Balaban J connectivity index is 0.000000107. The van der Waals surface area contributed by atoms with Crippen LogP contribution in [0.15, 0.2) is 480 Å². The molecular weight excluding hydrogens is 1640 g/mol. The Kier molecular flexibility index (Phi) is 19.2. The molecule has 0 radical (unpaired) electrons. The Morgan fingerprint density at radius 2 is 0.348 bits per heavy atom. The monoisotopic (exact) mass is 1720 g/mol. The van der Waals surface area contributed by atoms with Crippen LogP contribution in [0.3, 0.4) is 0 Å². The third kappa shape index (κ3) is 13.8. The molecule has 7 nitrogen and oxygen atoms in total. The summed E-state index contributed by atoms with van der Waals surface area (Å²) in [4.78, 5) is 13.4. The second kappa shape index (κ2) is 32.7. The van der Waals surface area contributed by atoms with E-state index in [0.29, 0.717) is 0 Å². The number of aromatic nitrogens is 7. The number of fused-ring (bicyclic) bond motifs is 18. The highest BCUT2D eigenvalue weighted by atomic mass is 32.1. The van der Waals surface area contributed by atoms with Gasteiger partial charge in [0.1, 0.15) is 0 Å². The van der Waals surface area contributed by atoms with Crippen LogP contribution < -0.4 is 0 Å². The summed E-state index contributed by atoms with van der Waals surface area (Å²) in [6.45, 7) is 0. The molecule has 0 aliphatic carbocycles. The Hall–Kier alpha value is -17.0. The average molecular weight is 1720 g/mol. The summed E-state index contributed by atoms with van der Waals surface area (Å²) in [6, 6.07) is 160. The van der Waals surface area contributed by atoms with E-state index in [9.17, 15) is 0 Å². The molecule has 18 aromatic carbocycles. The van der Waals surface area contributed by atoms with Gasteiger partial charge in [-0.2, -0.15) is 0 Å². The van der Waals surface area contributed by atoms with E-state index in [2.05, 4.69) is 476 Å². The number of pyridine rings is 3. The van der Waals surface area contributed by atoms with Crippen molar-refractivity contribution in [2.24, 2.45) is 0 Å². The number of thiophene rings is 2. The first kappa shape index (κ1) is 77.4. The molecule has 9 heterocycles. The van der Waals surface area contributed by atoms with Crippen LogP contribution in [-0.4, -0.2) is 33.2 Å². The predicted octanol–water partition coefficient (Wildman–Crippen LogP) is 33.7. The summed E-state index contributed by atoms with van der Waals surface area (Å²) >= 11 is 3.72. The summed E-state index contributed by atoms with van der Waals surface area (Å²) in [6.07, 6.45) is 11.6. The van der Waals surface area contributed by atoms with Crippen molar-refractivity contribution in [2.75, 3.05) is 0 Å². The summed E-state index contributed by atoms with van der Waals surface area (Å²) < 4.78 is 14.7. The topological polar surface area (TPSA) is 58.4 Å². The van der Waals surface area contributed by atoms with Gasteiger partial charge in [-0.25, -0.2) is 0 Å². The lowest BCUT2D eigenvalue weighted by atomic mass is 9.98. The van der Waals surface area contributed by atoms with E-state index in [1.807, 2.05) is 59.9 Å². The molecule has 0 N–H and O–H groups in total. The highest BCUT2D eigenvalue weighted by Crippen LogP contribution is 2.45. The molecule has 0 bridgehead atoms. The lowest BCUT2D eigenvalue weighted by Crippen LogP contribution is -1.94. The first-order valence-corrected chi connectivity index (χ1v) is 46.3. The fourth-order valence-electron chi connectivity index (χ4n) is 19.8. The fraction of sp³-hybridized carbons (Fsp3) is 0. The van der Waals surface area contributed by atoms with Crippen molar-refractivity contribution in [2.45, 2.75) is 0 Å². The number of nitrogens with zero attached hydrogens (tertiary/aromatic N) is 7. The molecule has 618 valence electrons. The average Bonchev–Trinajstić information content (AvgIpc) is 1.60. The first-order valence-electron chi connectivity index (χ1n) is 44.7. The zero-order valence-electron chi connectivity index (χ0n) is 71.6. The minimum atomic E-state index is 1.10. The van der Waals surface area contributed by atoms with Gasteiger partial charge in [0.05, 0.1) is 62.7 Å². The van der Waals surface area contributed by atoms with Gasteiger partial charge in [-0.1, -0.05) is 285 Å². The normalized spacial score (nSPS) is 11.6. The third-order valence-electron chi connectivity index (χ3n) is 26.3. The number of para-hydroxylation sites is 3. The van der Waals surface area contributed by atoms with E-state index in [-0.39, 0.29) is 0 Å². The van der Waals surface area contributed by atoms with Gasteiger partial charge in [0.2, 0.25) is 0 Å². The van der Waals surface area contributed by atoms with Crippen LogP contribution in [-0.2, 0) is 0 Å². The summed E-state index contributed by atoms with van der Waals surface area (Å²) in [5, 5.41) is 15.2. The van der Waals surface area contributed by atoms with E-state index in [0.717, 1.165) is 33.6 Å². The molecule has 0 amide bonds. The van der Waals surface area contributed by atoms with Crippen molar-refractivity contribution in [3.05, 3.63) is 480 Å². The molecule has 27 rings (SSSR count). The van der Waals surface area contributed by atoms with Crippen molar-refractivity contribution in [3.8, 4) is 112 Å². The SMILES string of the molecule is c1ccc(-c2ccc(-n3c4ccc(-c5ccc(-c6ccc7c(c6)c6ccccc6n7-c6ccccc6)cc5)cc4c4ccncc43)cc2)cc1.c1ccc(-c2ccc(-n3c4ccc(-c5ccc(-c6ccc7sc8ccccc8c7c6)cc5)cc4c4ccncc43)cc2)cc1.c1ccc(-n2c3ccc(-c4ccc(-c5ccc6sc7ccccc7c6c5)cc4)cc3c3ccncc32)cc1. The van der Waals surface area contributed by atoms with E-state index < -0.39 is 0 Å². The van der Waals surface area contributed by atoms with Gasteiger partial charge in [-0.05, 0) is 247 Å². The Labute approximate surface area is 769 Å². The molecule has 9 aromatic heterocycles. The van der Waals surface area contributed by atoms with Crippen LogP contribution in [0.1, 0.15) is 0 Å². The van der Waals surface area contributed by atoms with Crippen molar-refractivity contribution < 1.29 is 0 Å². The first-order chi connectivity index (χ1) is 65.4. The van der Waals surface area contributed by atoms with Crippen LogP contribution in [0.5, 0.6) is 0 Å². The molecule has 0 aliphatic heterocycles. The minimum absolute atomic E-state index is 1.10. The fourth-order valence-corrected chi connectivity index (χ4v) is 22.0. The van der Waals surface area contributed by atoms with E-state index in [4.69, 9.17) is 0 Å². The molecule has 0 fully saturated rings. The smallest absolute Gasteiger partial charge is 0.0724 e. The number of rotatable bonds is 12. The standard InChI is InChI=1S/C47H31N3.C41H26N2S.C35H22N2S/c1-3-9-32(10-4-1)33-19-23-39(24-20-33)50-46-26-22-37(30-43(46)41-27-28-48-31-47(41)50)35-17-15-34(16-18-35)36-21-25-45-42(29-36)40-13-7-8-14-44(40)49(45)38-11-5-2-6-12-38;1-2-6-27(7-3-1)28-14-18-33(19-15-28)43-38-20-16-31(24-36(38)34-22-23-42-26-39(34)43)29-10-12-30(13-11-29)32-17-21-41-37(25-32)35-8-4-5-9-40(35)44-41;1-2-6-27(7-3-1)37-32-16-14-25(20-30(32)28-18-19-36-22-33(28)37)23-10-12-24(13-11-23)26-15-17-35-31(21-26)29-8-4-5-9-34(29)38-35/h1-31H;1-26H;1-22H. The van der Waals surface area contributed by atoms with Crippen LogP contribution in [0.2, 0.25) is 0 Å². The zero-order valence-corrected chi connectivity index (χ0v) is 73.2. The van der Waals surface area contributed by atoms with Gasteiger partial charge in [-0.15, -0.1) is 22.7 Å². The number of hydrogen-bond acceptors (Lipinski definition) is 5. The summed E-state index contributed by atoms with van der Waals surface area (Å²) in [5.74, 6) is 0. The second-order valence-electron chi connectivity index (χ2n) is 33.8. The molecular formula is C123H79N7S2. The quantitative estimate of drug-likeness (QED) is 0.122. The molecule has 0 saturated carbocycles. The highest BCUT2D eigenvalue weighted by Gasteiger charge is 2.21. The van der Waals surface area contributed by atoms with Crippen molar-refractivity contribution >= 4 is 150 Å². The second-order valence-corrected chi connectivity index (χ2v) is 36.0. The third-order valence-corrected chi connectivity index (χ3v) is 28.6. The maximum absolute atomic E-state index is 4.51. The number of hydrogen-bond donors (Lipinski definition) is 0. The van der Waals surface area contributed by atoms with Gasteiger partial charge in [0, 0.05) is 125 Å². The van der Waals surface area contributed by atoms with Crippen molar-refractivity contribution in [1.29, 1.82) is 0 Å². The van der Waals surface area contributed by atoms with Gasteiger partial charge in [-0.3, -0.25) is 15.0 Å². The molecule has 27 aromatic rings. The van der Waals surface area contributed by atoms with Gasteiger partial charge < -0.3 is 18.3 Å². The van der Waals surface area contributed by atoms with Crippen LogP contribution >= 0.6 is 22.7 Å². The van der Waals surface area contributed by atoms with Gasteiger partial charge >= 0.3 is 0 Å². The Morgan fingerprint density at radius 1 is 0.136 bits per heavy atom. The Bertz CT molecular complexity index is 9090. The van der Waals surface area contributed by atoms with Crippen molar-refractivity contribution in [1.82, 2.24) is 33.2 Å². The largest absolute Gasteiger partial charge is 0.309 e. The summed E-state index contributed by atoms with van der Waals surface area (Å²) in [5.41, 5.74) is 33.4. The maximum atomic E-state index is 4.51.